The number of carbonyl (C=O) groups is 3. The largest absolute Gasteiger partial charge is 0.369 e. The molecule has 2 aliphatic heterocycles. The van der Waals surface area contributed by atoms with E-state index in [1.165, 1.54) is 0 Å². The number of benzene rings is 1. The molecule has 3 N–H and O–H groups in total. The van der Waals surface area contributed by atoms with Gasteiger partial charge < -0.3 is 10.6 Å². The Morgan fingerprint density at radius 1 is 1.08 bits per heavy atom. The van der Waals surface area contributed by atoms with Crippen LogP contribution in [0.4, 0.5) is 16.2 Å². The van der Waals surface area contributed by atoms with Gasteiger partial charge in [0.1, 0.15) is 0 Å². The Bertz CT molecular complexity index is 655. The highest BCUT2D eigenvalue weighted by atomic mass is 16.2. The van der Waals surface area contributed by atoms with Crippen LogP contribution in [-0.4, -0.2) is 62.0 Å². The number of imide groups is 1. The topological polar surface area (TPSA) is 99.0 Å². The third-order valence-corrected chi connectivity index (χ3v) is 4.31. The van der Waals surface area contributed by atoms with Crippen molar-refractivity contribution in [2.24, 2.45) is 5.73 Å². The van der Waals surface area contributed by atoms with Crippen LogP contribution in [0.15, 0.2) is 24.3 Å². The van der Waals surface area contributed by atoms with E-state index in [2.05, 4.69) is 10.2 Å². The first-order valence-electron chi connectivity index (χ1n) is 8.00. The van der Waals surface area contributed by atoms with E-state index < -0.39 is 0 Å². The number of hydrogen-bond acceptors (Lipinski definition) is 5. The fourth-order valence-corrected chi connectivity index (χ4v) is 3.05. The molecule has 24 heavy (non-hydrogen) atoms. The smallest absolute Gasteiger partial charge is 0.328 e. The van der Waals surface area contributed by atoms with Gasteiger partial charge in [-0.05, 0) is 18.2 Å². The summed E-state index contributed by atoms with van der Waals surface area (Å²) in [5, 5.41) is 2.33. The highest BCUT2D eigenvalue weighted by Crippen LogP contribution is 2.24. The average molecular weight is 331 g/mol. The molecule has 1 aromatic carbocycles. The Morgan fingerprint density at radius 2 is 1.79 bits per heavy atom. The molecule has 0 bridgehead atoms. The van der Waals surface area contributed by atoms with Crippen LogP contribution >= 0.6 is 0 Å². The number of carbonyl (C=O) groups excluding carboxylic acids is 3. The molecule has 2 heterocycles. The van der Waals surface area contributed by atoms with Crippen molar-refractivity contribution in [3.8, 4) is 0 Å². The molecule has 0 aliphatic carbocycles. The van der Waals surface area contributed by atoms with E-state index in [-0.39, 0.29) is 24.4 Å². The molecule has 128 valence electrons. The second-order valence-electron chi connectivity index (χ2n) is 6.00. The second kappa shape index (κ2) is 6.88. The number of nitrogens with two attached hydrogens (primary N) is 1. The van der Waals surface area contributed by atoms with Crippen LogP contribution in [0.3, 0.4) is 0 Å². The molecule has 2 aliphatic rings. The van der Waals surface area contributed by atoms with Crippen molar-refractivity contribution in [2.45, 2.75) is 6.42 Å². The van der Waals surface area contributed by atoms with Gasteiger partial charge in [0.05, 0.1) is 6.54 Å². The molecule has 1 aromatic rings. The van der Waals surface area contributed by atoms with Crippen LogP contribution in [0.2, 0.25) is 0 Å². The first-order chi connectivity index (χ1) is 11.5. The molecule has 2 fully saturated rings. The second-order valence-corrected chi connectivity index (χ2v) is 6.00. The number of rotatable bonds is 4. The van der Waals surface area contributed by atoms with Crippen molar-refractivity contribution in [1.82, 2.24) is 10.2 Å². The van der Waals surface area contributed by atoms with Gasteiger partial charge in [0.25, 0.3) is 0 Å². The van der Waals surface area contributed by atoms with Gasteiger partial charge in [-0.25, -0.2) is 4.79 Å². The molecule has 0 radical (unpaired) electrons. The lowest BCUT2D eigenvalue weighted by Crippen LogP contribution is -2.50. The minimum atomic E-state index is -0.380. The van der Waals surface area contributed by atoms with Crippen molar-refractivity contribution in [2.75, 3.05) is 49.1 Å². The van der Waals surface area contributed by atoms with Gasteiger partial charge in [0.2, 0.25) is 11.8 Å². The third kappa shape index (κ3) is 3.65. The average Bonchev–Trinajstić information content (AvgIpc) is 2.55. The zero-order chi connectivity index (χ0) is 17.1. The van der Waals surface area contributed by atoms with E-state index in [9.17, 15) is 14.4 Å². The summed E-state index contributed by atoms with van der Waals surface area (Å²) in [4.78, 5) is 40.1. The molecular formula is C16H21N5O3. The molecule has 8 heteroatoms. The Kier molecular flexibility index (Phi) is 4.66. The SMILES string of the molecule is NC(=O)CN1CCN(c2cccc(N3CCC(=O)NC3=O)c2)CC1. The van der Waals surface area contributed by atoms with Gasteiger partial charge >= 0.3 is 6.03 Å². The molecule has 4 amide bonds. The molecular weight excluding hydrogens is 310 g/mol. The van der Waals surface area contributed by atoms with Crippen molar-refractivity contribution < 1.29 is 14.4 Å². The van der Waals surface area contributed by atoms with Crippen LogP contribution < -0.4 is 20.9 Å². The van der Waals surface area contributed by atoms with Gasteiger partial charge in [0.15, 0.2) is 0 Å². The molecule has 0 aromatic heterocycles. The normalized spacial score (nSPS) is 19.3. The highest BCUT2D eigenvalue weighted by Gasteiger charge is 2.25. The number of anilines is 2. The summed E-state index contributed by atoms with van der Waals surface area (Å²) in [6, 6.07) is 7.35. The predicted octanol–water partition coefficient (Wildman–Crippen LogP) is -0.260. The first kappa shape index (κ1) is 16.3. The van der Waals surface area contributed by atoms with Crippen LogP contribution in [0.25, 0.3) is 0 Å². The minimum Gasteiger partial charge on any atom is -0.369 e. The Labute approximate surface area is 140 Å². The standard InChI is InChI=1S/C16H21N5O3/c17-14(22)11-19-6-8-20(9-7-19)12-2-1-3-13(10-12)21-5-4-15(23)18-16(21)24/h1-3,10H,4-9,11H2,(H2,17,22)(H,18,23,24). The number of primary amides is 1. The number of nitrogens with one attached hydrogen (secondary N) is 1. The van der Waals surface area contributed by atoms with Gasteiger partial charge in [-0.2, -0.15) is 0 Å². The summed E-state index contributed by atoms with van der Waals surface area (Å²) in [6.45, 7) is 3.80. The number of urea groups is 1. The summed E-state index contributed by atoms with van der Waals surface area (Å²) >= 11 is 0. The lowest BCUT2D eigenvalue weighted by Gasteiger charge is -2.36. The van der Waals surface area contributed by atoms with Gasteiger partial charge in [-0.3, -0.25) is 24.7 Å². The summed E-state index contributed by atoms with van der Waals surface area (Å²) in [5.41, 5.74) is 7.03. The molecule has 0 saturated carbocycles. The Morgan fingerprint density at radius 3 is 2.46 bits per heavy atom. The van der Waals surface area contributed by atoms with E-state index >= 15 is 0 Å². The van der Waals surface area contributed by atoms with Crippen LogP contribution in [0, 0.1) is 0 Å². The van der Waals surface area contributed by atoms with Crippen molar-refractivity contribution >= 4 is 29.2 Å². The molecule has 0 unspecified atom stereocenters. The monoisotopic (exact) mass is 331 g/mol. The lowest BCUT2D eigenvalue weighted by molar-refractivity contribution is -0.120. The highest BCUT2D eigenvalue weighted by molar-refractivity contribution is 6.05. The maximum Gasteiger partial charge on any atom is 0.328 e. The summed E-state index contributed by atoms with van der Waals surface area (Å²) in [6.07, 6.45) is 0.307. The number of piperazine rings is 1. The molecule has 8 nitrogen and oxygen atoms in total. The van der Waals surface area contributed by atoms with Crippen molar-refractivity contribution in [3.63, 3.8) is 0 Å². The quantitative estimate of drug-likeness (QED) is 0.792. The van der Waals surface area contributed by atoms with E-state index in [1.54, 1.807) is 4.90 Å². The number of amides is 4. The predicted molar refractivity (Wildman–Crippen MR) is 89.8 cm³/mol. The molecule has 0 atom stereocenters. The summed E-state index contributed by atoms with van der Waals surface area (Å²) in [5.74, 6) is -0.547. The molecule has 3 rings (SSSR count). The Balaban J connectivity index is 1.67. The lowest BCUT2D eigenvalue weighted by atomic mass is 10.2. The first-order valence-corrected chi connectivity index (χ1v) is 8.00. The fraction of sp³-hybridized carbons (Fsp3) is 0.438. The number of hydrogen-bond donors (Lipinski definition) is 2. The zero-order valence-corrected chi connectivity index (χ0v) is 13.4. The van der Waals surface area contributed by atoms with Crippen molar-refractivity contribution in [1.29, 1.82) is 0 Å². The third-order valence-electron chi connectivity index (χ3n) is 4.31. The molecule has 0 spiro atoms. The van der Waals surface area contributed by atoms with Crippen LogP contribution in [0.5, 0.6) is 0 Å². The van der Waals surface area contributed by atoms with Gasteiger partial charge in [0, 0.05) is 50.5 Å². The fourth-order valence-electron chi connectivity index (χ4n) is 3.05. The number of nitrogens with zero attached hydrogens (tertiary/aromatic N) is 3. The van der Waals surface area contributed by atoms with Crippen molar-refractivity contribution in [3.05, 3.63) is 24.3 Å². The van der Waals surface area contributed by atoms with Gasteiger partial charge in [-0.15, -0.1) is 0 Å². The maximum atomic E-state index is 12.0. The summed E-state index contributed by atoms with van der Waals surface area (Å²) in [7, 11) is 0. The van der Waals surface area contributed by atoms with E-state index in [0.717, 1.165) is 37.6 Å². The van der Waals surface area contributed by atoms with Crippen LogP contribution in [0.1, 0.15) is 6.42 Å². The van der Waals surface area contributed by atoms with E-state index in [1.807, 2.05) is 29.2 Å². The maximum absolute atomic E-state index is 12.0. The van der Waals surface area contributed by atoms with Gasteiger partial charge in [-0.1, -0.05) is 6.07 Å². The summed E-state index contributed by atoms with van der Waals surface area (Å²) < 4.78 is 0. The van der Waals surface area contributed by atoms with Crippen LogP contribution in [-0.2, 0) is 9.59 Å². The van der Waals surface area contributed by atoms with E-state index in [4.69, 9.17) is 5.73 Å². The zero-order valence-electron chi connectivity index (χ0n) is 13.4. The molecule has 2 saturated heterocycles. The van der Waals surface area contributed by atoms with E-state index in [0.29, 0.717) is 13.0 Å². The minimum absolute atomic E-state index is 0.238. The Hall–Kier alpha value is -2.61.